The van der Waals surface area contributed by atoms with Crippen molar-refractivity contribution in [2.24, 2.45) is 0 Å². The molecule has 0 N–H and O–H groups in total. The zero-order valence-electron chi connectivity index (χ0n) is 16.6. The van der Waals surface area contributed by atoms with Crippen molar-refractivity contribution in [3.8, 4) is 5.82 Å². The first-order valence-electron chi connectivity index (χ1n) is 8.86. The summed E-state index contributed by atoms with van der Waals surface area (Å²) in [5.74, 6) is -0.982. The molecule has 0 aliphatic carbocycles. The van der Waals surface area contributed by atoms with Crippen molar-refractivity contribution in [2.75, 3.05) is 11.5 Å². The summed E-state index contributed by atoms with van der Waals surface area (Å²) in [7, 11) is 0. The number of carbonyl (C=O) groups excluding carboxylic acids is 1. The summed E-state index contributed by atoms with van der Waals surface area (Å²) in [6, 6.07) is 4.48. The third-order valence-electron chi connectivity index (χ3n) is 4.04. The molecule has 11 heteroatoms. The number of aromatic nitrogens is 5. The monoisotopic (exact) mass is 420 g/mol. The third kappa shape index (κ3) is 3.65. The van der Waals surface area contributed by atoms with Gasteiger partial charge in [-0.2, -0.15) is 27.8 Å². The summed E-state index contributed by atoms with van der Waals surface area (Å²) in [5, 5.41) is 8.10. The van der Waals surface area contributed by atoms with Crippen LogP contribution in [0.3, 0.4) is 0 Å². The molecule has 0 aromatic carbocycles. The molecule has 0 atom stereocenters. The number of pyridine rings is 1. The van der Waals surface area contributed by atoms with E-state index in [9.17, 15) is 18.0 Å². The number of fused-ring (bicyclic) bond motifs is 1. The van der Waals surface area contributed by atoms with Gasteiger partial charge in [0.05, 0.1) is 12.8 Å². The lowest BCUT2D eigenvalue weighted by Crippen LogP contribution is -2.20. The largest absolute Gasteiger partial charge is 0.462 e. The molecule has 0 saturated carbocycles. The van der Waals surface area contributed by atoms with E-state index in [1.54, 1.807) is 24.8 Å². The van der Waals surface area contributed by atoms with Gasteiger partial charge in [0.1, 0.15) is 5.56 Å². The van der Waals surface area contributed by atoms with Gasteiger partial charge in [0.25, 0.3) is 5.95 Å². The van der Waals surface area contributed by atoms with Crippen LogP contribution in [0.2, 0.25) is 0 Å². The SMILES string of the molecule is C=C(C)N(C(=C)C)c1nc2cccc(-n3ncc(C(=O)OCC)c3C(F)(F)F)n2n1. The lowest BCUT2D eigenvalue weighted by atomic mass is 10.2. The first-order chi connectivity index (χ1) is 14.1. The Balaban J connectivity index is 2.24. The van der Waals surface area contributed by atoms with Gasteiger partial charge in [0.15, 0.2) is 17.2 Å². The summed E-state index contributed by atoms with van der Waals surface area (Å²) in [5.41, 5.74) is -0.509. The van der Waals surface area contributed by atoms with Crippen LogP contribution < -0.4 is 4.90 Å². The summed E-state index contributed by atoms with van der Waals surface area (Å²) in [6.07, 6.45) is -4.04. The van der Waals surface area contributed by atoms with Gasteiger partial charge in [-0.3, -0.25) is 4.90 Å². The van der Waals surface area contributed by atoms with Gasteiger partial charge < -0.3 is 4.74 Å². The van der Waals surface area contributed by atoms with E-state index in [-0.39, 0.29) is 24.0 Å². The molecule has 158 valence electrons. The number of ether oxygens (including phenoxy) is 1. The maximum Gasteiger partial charge on any atom is 0.434 e. The molecule has 0 spiro atoms. The van der Waals surface area contributed by atoms with E-state index >= 15 is 0 Å². The van der Waals surface area contributed by atoms with Gasteiger partial charge in [-0.15, -0.1) is 5.10 Å². The number of hydrogen-bond donors (Lipinski definition) is 0. The van der Waals surface area contributed by atoms with Crippen molar-refractivity contribution < 1.29 is 22.7 Å². The van der Waals surface area contributed by atoms with Crippen LogP contribution in [0.5, 0.6) is 0 Å². The standard InChI is InChI=1S/C19H19F3N6O2/c1-6-30-17(29)13-10-23-28(16(13)19(20,21)22)15-9-7-8-14-24-18(25-27(14)15)26(11(2)3)12(4)5/h7-10H,2,4,6H2,1,3,5H3. The van der Waals surface area contributed by atoms with Crippen LogP contribution in [0.1, 0.15) is 36.8 Å². The van der Waals surface area contributed by atoms with Crippen molar-refractivity contribution in [3.05, 3.63) is 60.2 Å². The molecule has 8 nitrogen and oxygen atoms in total. The van der Waals surface area contributed by atoms with E-state index in [1.165, 1.54) is 23.6 Å². The molecule has 0 aliphatic rings. The summed E-state index contributed by atoms with van der Waals surface area (Å²) in [6.45, 7) is 12.6. The second-order valence-corrected chi connectivity index (χ2v) is 6.41. The molecule has 0 aliphatic heterocycles. The molecule has 0 radical (unpaired) electrons. The predicted molar refractivity (Wildman–Crippen MR) is 103 cm³/mol. The summed E-state index contributed by atoms with van der Waals surface area (Å²) >= 11 is 0. The predicted octanol–water partition coefficient (Wildman–Crippen LogP) is 3.98. The van der Waals surface area contributed by atoms with Gasteiger partial charge in [0, 0.05) is 11.4 Å². The highest BCUT2D eigenvalue weighted by molar-refractivity contribution is 5.90. The molecule has 0 bridgehead atoms. The molecule has 3 aromatic rings. The fourth-order valence-corrected chi connectivity index (χ4v) is 2.96. The minimum absolute atomic E-state index is 0.0579. The lowest BCUT2D eigenvalue weighted by molar-refractivity contribution is -0.143. The molecule has 3 aromatic heterocycles. The fourth-order valence-electron chi connectivity index (χ4n) is 2.96. The minimum atomic E-state index is -4.87. The number of rotatable bonds is 6. The molecular weight excluding hydrogens is 401 g/mol. The van der Waals surface area contributed by atoms with Crippen molar-refractivity contribution in [2.45, 2.75) is 26.9 Å². The number of alkyl halides is 3. The maximum absolute atomic E-state index is 13.8. The van der Waals surface area contributed by atoms with Gasteiger partial charge in [-0.1, -0.05) is 19.2 Å². The third-order valence-corrected chi connectivity index (χ3v) is 4.04. The lowest BCUT2D eigenvalue weighted by Gasteiger charge is -2.20. The van der Waals surface area contributed by atoms with Crippen LogP contribution in [0.15, 0.2) is 48.9 Å². The topological polar surface area (TPSA) is 77.5 Å². The molecule has 3 rings (SSSR count). The number of hydrogen-bond acceptors (Lipinski definition) is 6. The number of carbonyl (C=O) groups is 1. The molecule has 0 amide bonds. The van der Waals surface area contributed by atoms with Crippen molar-refractivity contribution in [1.82, 2.24) is 24.4 Å². The fraction of sp³-hybridized carbons (Fsp3) is 0.263. The quantitative estimate of drug-likeness (QED) is 0.562. The van der Waals surface area contributed by atoms with Crippen molar-refractivity contribution in [1.29, 1.82) is 0 Å². The highest BCUT2D eigenvalue weighted by Crippen LogP contribution is 2.34. The summed E-state index contributed by atoms with van der Waals surface area (Å²) < 4.78 is 48.0. The Morgan fingerprint density at radius 1 is 1.23 bits per heavy atom. The van der Waals surface area contributed by atoms with E-state index in [4.69, 9.17) is 4.74 Å². The highest BCUT2D eigenvalue weighted by atomic mass is 19.4. The minimum Gasteiger partial charge on any atom is -0.462 e. The van der Waals surface area contributed by atoms with Crippen LogP contribution in [0, 0.1) is 0 Å². The Kier molecular flexibility index (Phi) is 5.38. The normalized spacial score (nSPS) is 11.5. The van der Waals surface area contributed by atoms with Crippen LogP contribution >= 0.6 is 0 Å². The van der Waals surface area contributed by atoms with Gasteiger partial charge in [0.2, 0.25) is 0 Å². The zero-order valence-corrected chi connectivity index (χ0v) is 16.6. The highest BCUT2D eigenvalue weighted by Gasteiger charge is 2.41. The van der Waals surface area contributed by atoms with Crippen molar-refractivity contribution >= 4 is 17.6 Å². The Labute approximate surface area is 169 Å². The molecule has 0 fully saturated rings. The number of allylic oxidation sites excluding steroid dienone is 2. The first-order valence-corrected chi connectivity index (χ1v) is 8.86. The second kappa shape index (κ2) is 7.65. The van der Waals surface area contributed by atoms with Gasteiger partial charge >= 0.3 is 12.1 Å². The van der Waals surface area contributed by atoms with E-state index in [0.717, 1.165) is 6.20 Å². The van der Waals surface area contributed by atoms with Gasteiger partial charge in [-0.25, -0.2) is 9.48 Å². The Morgan fingerprint density at radius 2 is 1.90 bits per heavy atom. The van der Waals surface area contributed by atoms with Gasteiger partial charge in [-0.05, 0) is 32.9 Å². The van der Waals surface area contributed by atoms with Crippen LogP contribution in [-0.2, 0) is 10.9 Å². The van der Waals surface area contributed by atoms with E-state index in [2.05, 4.69) is 28.3 Å². The number of esters is 1. The van der Waals surface area contributed by atoms with Crippen LogP contribution in [0.25, 0.3) is 11.5 Å². The number of halogens is 3. The van der Waals surface area contributed by atoms with Crippen LogP contribution in [0.4, 0.5) is 19.1 Å². The molecular formula is C19H19F3N6O2. The number of nitrogens with zero attached hydrogens (tertiary/aromatic N) is 6. The van der Waals surface area contributed by atoms with E-state index in [0.29, 0.717) is 16.1 Å². The first kappa shape index (κ1) is 21.1. The molecule has 30 heavy (non-hydrogen) atoms. The molecule has 0 saturated heterocycles. The average Bonchev–Trinajstić information content (AvgIpc) is 3.24. The maximum atomic E-state index is 13.8. The summed E-state index contributed by atoms with van der Waals surface area (Å²) in [4.78, 5) is 17.9. The molecule has 3 heterocycles. The second-order valence-electron chi connectivity index (χ2n) is 6.41. The zero-order chi connectivity index (χ0) is 22.2. The Bertz CT molecular complexity index is 1130. The van der Waals surface area contributed by atoms with Crippen LogP contribution in [-0.4, -0.2) is 37.0 Å². The van der Waals surface area contributed by atoms with E-state index in [1.807, 2.05) is 0 Å². The molecule has 0 unspecified atom stereocenters. The average molecular weight is 420 g/mol. The Morgan fingerprint density at radius 3 is 2.47 bits per heavy atom. The van der Waals surface area contributed by atoms with Crippen molar-refractivity contribution in [3.63, 3.8) is 0 Å². The smallest absolute Gasteiger partial charge is 0.434 e. The Hall–Kier alpha value is -3.63. The van der Waals surface area contributed by atoms with E-state index < -0.39 is 23.4 Å². The number of anilines is 1.